The highest BCUT2D eigenvalue weighted by molar-refractivity contribution is 6.46. The van der Waals surface area contributed by atoms with E-state index in [1.54, 1.807) is 19.2 Å². The highest BCUT2D eigenvalue weighted by atomic mass is 16.5. The van der Waals surface area contributed by atoms with Crippen molar-refractivity contribution in [2.24, 2.45) is 5.92 Å². The Balaban J connectivity index is 1.80. The number of aliphatic hydroxyl groups is 1. The fourth-order valence-corrected chi connectivity index (χ4v) is 4.92. The van der Waals surface area contributed by atoms with Gasteiger partial charge in [0.1, 0.15) is 23.0 Å². The summed E-state index contributed by atoms with van der Waals surface area (Å²) < 4.78 is 11.3. The van der Waals surface area contributed by atoms with E-state index in [1.807, 2.05) is 57.2 Å². The van der Waals surface area contributed by atoms with E-state index in [-0.39, 0.29) is 29.5 Å². The minimum Gasteiger partial charge on any atom is -0.508 e. The molecule has 0 saturated carbocycles. The van der Waals surface area contributed by atoms with E-state index >= 15 is 0 Å². The van der Waals surface area contributed by atoms with Crippen LogP contribution in [0.4, 0.5) is 0 Å². The van der Waals surface area contributed by atoms with Crippen LogP contribution in [-0.2, 0) is 16.1 Å². The van der Waals surface area contributed by atoms with Crippen molar-refractivity contribution >= 4 is 17.4 Å². The van der Waals surface area contributed by atoms with Gasteiger partial charge in [0.05, 0.1) is 25.3 Å². The fourth-order valence-electron chi connectivity index (χ4n) is 4.92. The Kier molecular flexibility index (Phi) is 8.52. The van der Waals surface area contributed by atoms with Crippen LogP contribution in [0.25, 0.3) is 5.76 Å². The third-order valence-electron chi connectivity index (χ3n) is 7.06. The zero-order chi connectivity index (χ0) is 29.1. The number of phenolic OH excluding ortho intramolecular Hbond substituents is 1. The summed E-state index contributed by atoms with van der Waals surface area (Å²) in [5, 5.41) is 21.5. The number of carbonyl (C=O) groups is 2. The summed E-state index contributed by atoms with van der Waals surface area (Å²) in [5.41, 5.74) is 3.49. The van der Waals surface area contributed by atoms with Gasteiger partial charge in [-0.25, -0.2) is 0 Å². The van der Waals surface area contributed by atoms with Gasteiger partial charge in [-0.3, -0.25) is 9.59 Å². The van der Waals surface area contributed by atoms with Crippen molar-refractivity contribution in [3.63, 3.8) is 0 Å². The summed E-state index contributed by atoms with van der Waals surface area (Å²) in [6.45, 7) is 10.8. The van der Waals surface area contributed by atoms with Crippen LogP contribution in [-0.4, -0.2) is 40.5 Å². The molecule has 1 aliphatic rings. The predicted octanol–water partition coefficient (Wildman–Crippen LogP) is 6.49. The lowest BCUT2D eigenvalue weighted by molar-refractivity contribution is -0.140. The molecule has 0 aliphatic carbocycles. The molecule has 3 aromatic rings. The van der Waals surface area contributed by atoms with Gasteiger partial charge in [0, 0.05) is 12.1 Å². The second kappa shape index (κ2) is 11.9. The van der Waals surface area contributed by atoms with Crippen LogP contribution in [0.5, 0.6) is 17.2 Å². The Morgan fingerprint density at radius 2 is 1.62 bits per heavy atom. The Hall–Kier alpha value is -4.26. The molecule has 1 amide bonds. The van der Waals surface area contributed by atoms with E-state index in [2.05, 4.69) is 13.8 Å². The normalized spacial score (nSPS) is 16.7. The summed E-state index contributed by atoms with van der Waals surface area (Å²) >= 11 is 0. The standard InChI is InChI=1S/C33H37NO6/c1-19(2)18-40-25-13-7-22(8-14-25)17-34-30(23-9-11-24(35)12-10-23)29(32(37)33(34)38)31(36)27-16-26(20(3)4)28(39-6)15-21(27)5/h7-16,19-20,30,35-36H,17-18H2,1-6H3/b31-29+. The van der Waals surface area contributed by atoms with E-state index in [4.69, 9.17) is 9.47 Å². The van der Waals surface area contributed by atoms with E-state index in [0.29, 0.717) is 35.0 Å². The van der Waals surface area contributed by atoms with E-state index in [1.165, 1.54) is 17.0 Å². The van der Waals surface area contributed by atoms with Gasteiger partial charge in [-0.05, 0) is 77.4 Å². The maximum Gasteiger partial charge on any atom is 0.295 e. The molecule has 1 saturated heterocycles. The van der Waals surface area contributed by atoms with Gasteiger partial charge < -0.3 is 24.6 Å². The first-order chi connectivity index (χ1) is 19.0. The average molecular weight is 544 g/mol. The zero-order valence-corrected chi connectivity index (χ0v) is 23.9. The van der Waals surface area contributed by atoms with Crippen molar-refractivity contribution in [2.75, 3.05) is 13.7 Å². The summed E-state index contributed by atoms with van der Waals surface area (Å²) in [6.07, 6.45) is 0. The van der Waals surface area contributed by atoms with Gasteiger partial charge in [0.25, 0.3) is 11.7 Å². The molecular formula is C33H37NO6. The molecule has 0 spiro atoms. The number of benzene rings is 3. The molecule has 210 valence electrons. The number of phenols is 1. The van der Waals surface area contributed by atoms with Crippen molar-refractivity contribution in [1.29, 1.82) is 0 Å². The van der Waals surface area contributed by atoms with Gasteiger partial charge in [0.15, 0.2) is 0 Å². The lowest BCUT2D eigenvalue weighted by Crippen LogP contribution is -2.29. The molecule has 4 rings (SSSR count). The van der Waals surface area contributed by atoms with Crippen LogP contribution in [0.3, 0.4) is 0 Å². The van der Waals surface area contributed by atoms with Crippen LogP contribution in [0.15, 0.2) is 66.2 Å². The molecule has 0 aromatic heterocycles. The SMILES string of the molecule is COc1cc(C)c(/C(O)=C2\C(=O)C(=O)N(Cc3ccc(OCC(C)C)cc3)C2c2ccc(O)cc2)cc1C(C)C. The topological polar surface area (TPSA) is 96.3 Å². The third-order valence-corrected chi connectivity index (χ3v) is 7.06. The van der Waals surface area contributed by atoms with Crippen molar-refractivity contribution in [1.82, 2.24) is 4.90 Å². The summed E-state index contributed by atoms with van der Waals surface area (Å²) in [7, 11) is 1.60. The molecule has 40 heavy (non-hydrogen) atoms. The van der Waals surface area contributed by atoms with E-state index < -0.39 is 17.7 Å². The minimum atomic E-state index is -0.846. The molecule has 1 fully saturated rings. The van der Waals surface area contributed by atoms with Gasteiger partial charge >= 0.3 is 0 Å². The lowest BCUT2D eigenvalue weighted by Gasteiger charge is -2.26. The monoisotopic (exact) mass is 543 g/mol. The van der Waals surface area contributed by atoms with Gasteiger partial charge in [-0.2, -0.15) is 0 Å². The third kappa shape index (κ3) is 5.83. The van der Waals surface area contributed by atoms with Crippen LogP contribution in [0.2, 0.25) is 0 Å². The molecule has 0 radical (unpaired) electrons. The number of amides is 1. The average Bonchev–Trinajstić information content (AvgIpc) is 3.17. The van der Waals surface area contributed by atoms with Crippen molar-refractivity contribution < 1.29 is 29.3 Å². The smallest absolute Gasteiger partial charge is 0.295 e. The van der Waals surface area contributed by atoms with Crippen LogP contribution in [0, 0.1) is 12.8 Å². The number of ketones is 1. The molecule has 1 heterocycles. The second-order valence-electron chi connectivity index (χ2n) is 10.9. The summed E-state index contributed by atoms with van der Waals surface area (Å²) in [6, 6.07) is 16.6. The van der Waals surface area contributed by atoms with Crippen molar-refractivity contribution in [3.05, 3.63) is 94.1 Å². The largest absolute Gasteiger partial charge is 0.508 e. The quantitative estimate of drug-likeness (QED) is 0.182. The predicted molar refractivity (Wildman–Crippen MR) is 155 cm³/mol. The first kappa shape index (κ1) is 28.7. The summed E-state index contributed by atoms with van der Waals surface area (Å²) in [4.78, 5) is 28.4. The van der Waals surface area contributed by atoms with E-state index in [0.717, 1.165) is 16.9 Å². The zero-order valence-electron chi connectivity index (χ0n) is 23.9. The number of aromatic hydroxyl groups is 1. The molecule has 7 heteroatoms. The highest BCUT2D eigenvalue weighted by Gasteiger charge is 2.46. The molecule has 2 N–H and O–H groups in total. The Morgan fingerprint density at radius 3 is 2.20 bits per heavy atom. The molecule has 1 atom stereocenters. The van der Waals surface area contributed by atoms with Gasteiger partial charge in [-0.1, -0.05) is 52.0 Å². The maximum absolute atomic E-state index is 13.5. The second-order valence-corrected chi connectivity index (χ2v) is 10.9. The van der Waals surface area contributed by atoms with Crippen LogP contribution >= 0.6 is 0 Å². The molecule has 1 aliphatic heterocycles. The Labute approximate surface area is 235 Å². The van der Waals surface area contributed by atoms with Gasteiger partial charge in [-0.15, -0.1) is 0 Å². The van der Waals surface area contributed by atoms with Crippen LogP contribution < -0.4 is 9.47 Å². The van der Waals surface area contributed by atoms with Crippen LogP contribution in [0.1, 0.15) is 67.5 Å². The first-order valence-corrected chi connectivity index (χ1v) is 13.5. The van der Waals surface area contributed by atoms with Crippen molar-refractivity contribution in [3.8, 4) is 17.2 Å². The number of hydrogen-bond acceptors (Lipinski definition) is 6. The maximum atomic E-state index is 13.5. The number of methoxy groups -OCH3 is 1. The number of nitrogens with zero attached hydrogens (tertiary/aromatic N) is 1. The number of hydrogen-bond donors (Lipinski definition) is 2. The molecule has 1 unspecified atom stereocenters. The number of aliphatic hydroxyl groups excluding tert-OH is 1. The van der Waals surface area contributed by atoms with E-state index in [9.17, 15) is 19.8 Å². The summed E-state index contributed by atoms with van der Waals surface area (Å²) in [5.74, 6) is 0.283. The lowest BCUT2D eigenvalue weighted by atomic mass is 9.91. The molecule has 0 bridgehead atoms. The molecule has 7 nitrogen and oxygen atoms in total. The van der Waals surface area contributed by atoms with Crippen molar-refractivity contribution in [2.45, 2.75) is 53.1 Å². The first-order valence-electron chi connectivity index (χ1n) is 13.5. The Bertz CT molecular complexity index is 1420. The minimum absolute atomic E-state index is 0.00977. The fraction of sp³-hybridized carbons (Fsp3) is 0.333. The number of carbonyl (C=O) groups excluding carboxylic acids is 2. The number of aryl methyl sites for hydroxylation is 1. The number of ether oxygens (including phenoxy) is 2. The number of rotatable bonds is 9. The highest BCUT2D eigenvalue weighted by Crippen LogP contribution is 2.42. The number of likely N-dealkylation sites (tertiary alicyclic amines) is 1. The molecule has 3 aromatic carbocycles. The van der Waals surface area contributed by atoms with Gasteiger partial charge in [0.2, 0.25) is 0 Å². The number of Topliss-reactive ketones (excluding diaryl/α,β-unsaturated/α-hetero) is 1. The molecular weight excluding hydrogens is 506 g/mol. The Morgan fingerprint density at radius 1 is 0.975 bits per heavy atom.